The Balaban J connectivity index is 0.00000243. The van der Waals surface area contributed by atoms with E-state index in [1.807, 2.05) is 25.2 Å². The highest BCUT2D eigenvalue weighted by atomic mass is 127. The molecule has 4 nitrogen and oxygen atoms in total. The third-order valence-electron chi connectivity index (χ3n) is 4.94. The molecule has 0 radical (unpaired) electrons. The third-order valence-corrected chi connectivity index (χ3v) is 4.94. The lowest BCUT2D eigenvalue weighted by Crippen LogP contribution is -2.42. The van der Waals surface area contributed by atoms with Crippen LogP contribution in [-0.4, -0.2) is 33.2 Å². The van der Waals surface area contributed by atoms with Gasteiger partial charge in [0.25, 0.3) is 0 Å². The second-order valence-corrected chi connectivity index (χ2v) is 6.56. The first kappa shape index (κ1) is 20.6. The Morgan fingerprint density at radius 2 is 1.73 bits per heavy atom. The number of methoxy groups -OCH3 is 1. The van der Waals surface area contributed by atoms with E-state index < -0.39 is 0 Å². The number of nitrogens with zero attached hydrogens (tertiary/aromatic N) is 1. The van der Waals surface area contributed by atoms with Crippen molar-refractivity contribution in [2.45, 2.75) is 24.7 Å². The normalized spacial score (nSPS) is 14.9. The molecule has 2 N–H and O–H groups in total. The van der Waals surface area contributed by atoms with Crippen molar-refractivity contribution in [3.8, 4) is 5.75 Å². The van der Waals surface area contributed by atoms with Crippen LogP contribution in [0.3, 0.4) is 0 Å². The Hall–Kier alpha value is -1.76. The average Bonchev–Trinajstić information content (AvgIpc) is 3.47. The Morgan fingerprint density at radius 1 is 1.04 bits per heavy atom. The van der Waals surface area contributed by atoms with E-state index in [0.29, 0.717) is 0 Å². The molecule has 3 rings (SSSR count). The molecule has 0 unspecified atom stereocenters. The molecule has 0 spiro atoms. The van der Waals surface area contributed by atoms with Crippen LogP contribution in [0.5, 0.6) is 5.75 Å². The highest BCUT2D eigenvalue weighted by Crippen LogP contribution is 2.47. The fourth-order valence-electron chi connectivity index (χ4n) is 3.21. The maximum atomic E-state index is 5.40. The summed E-state index contributed by atoms with van der Waals surface area (Å²) in [4.78, 5) is 4.35. The molecular formula is C21H28IN3O. The van der Waals surface area contributed by atoms with E-state index in [4.69, 9.17) is 4.74 Å². The van der Waals surface area contributed by atoms with E-state index in [1.54, 1.807) is 7.11 Å². The van der Waals surface area contributed by atoms with Crippen LogP contribution in [0, 0.1) is 0 Å². The van der Waals surface area contributed by atoms with Crippen LogP contribution in [0.2, 0.25) is 0 Å². The number of aliphatic imine (C=N–C) groups is 1. The van der Waals surface area contributed by atoms with Crippen LogP contribution >= 0.6 is 24.0 Å². The van der Waals surface area contributed by atoms with Crippen LogP contribution in [0.1, 0.15) is 24.0 Å². The standard InChI is InChI=1S/C21H27N3O.HI/c1-22-20(23-15-12-17-8-6-7-11-19(17)25-2)24-16-21(13-14-21)18-9-4-3-5-10-18;/h3-11H,12-16H2,1-2H3,(H2,22,23,24);1H. The molecule has 0 aromatic heterocycles. The van der Waals surface area contributed by atoms with Gasteiger partial charge >= 0.3 is 0 Å². The van der Waals surface area contributed by atoms with E-state index in [2.05, 4.69) is 52.0 Å². The minimum Gasteiger partial charge on any atom is -0.496 e. The summed E-state index contributed by atoms with van der Waals surface area (Å²) in [6, 6.07) is 18.9. The Kier molecular flexibility index (Phi) is 7.75. The van der Waals surface area contributed by atoms with Crippen molar-refractivity contribution in [3.05, 3.63) is 65.7 Å². The van der Waals surface area contributed by atoms with Gasteiger partial charge in [0, 0.05) is 25.6 Å². The molecule has 1 saturated carbocycles. The van der Waals surface area contributed by atoms with E-state index in [9.17, 15) is 0 Å². The van der Waals surface area contributed by atoms with Crippen molar-refractivity contribution in [2.24, 2.45) is 4.99 Å². The smallest absolute Gasteiger partial charge is 0.191 e. The van der Waals surface area contributed by atoms with Gasteiger partial charge in [-0.3, -0.25) is 4.99 Å². The lowest BCUT2D eigenvalue weighted by Gasteiger charge is -2.19. The van der Waals surface area contributed by atoms with E-state index in [1.165, 1.54) is 24.0 Å². The SMILES string of the molecule is CN=C(NCCc1ccccc1OC)NCC1(c2ccccc2)CC1.I. The van der Waals surface area contributed by atoms with Gasteiger partial charge in [0.2, 0.25) is 0 Å². The number of nitrogens with one attached hydrogen (secondary N) is 2. The Bertz CT molecular complexity index is 714. The molecule has 2 aromatic carbocycles. The number of benzene rings is 2. The Labute approximate surface area is 173 Å². The molecule has 1 aliphatic rings. The highest BCUT2D eigenvalue weighted by molar-refractivity contribution is 14.0. The zero-order valence-corrected chi connectivity index (χ0v) is 17.8. The second-order valence-electron chi connectivity index (χ2n) is 6.56. The van der Waals surface area contributed by atoms with E-state index in [0.717, 1.165) is 31.2 Å². The molecule has 1 fully saturated rings. The van der Waals surface area contributed by atoms with Crippen molar-refractivity contribution in [2.75, 3.05) is 27.2 Å². The summed E-state index contributed by atoms with van der Waals surface area (Å²) in [5.74, 6) is 1.80. The van der Waals surface area contributed by atoms with Crippen LogP contribution < -0.4 is 15.4 Å². The fourth-order valence-corrected chi connectivity index (χ4v) is 3.21. The van der Waals surface area contributed by atoms with E-state index >= 15 is 0 Å². The minimum absolute atomic E-state index is 0. The van der Waals surface area contributed by atoms with Crippen molar-refractivity contribution < 1.29 is 4.74 Å². The van der Waals surface area contributed by atoms with Gasteiger partial charge in [0.15, 0.2) is 5.96 Å². The first-order valence-corrected chi connectivity index (χ1v) is 8.89. The lowest BCUT2D eigenvalue weighted by molar-refractivity contribution is 0.409. The van der Waals surface area contributed by atoms with Crippen molar-refractivity contribution >= 4 is 29.9 Å². The second kappa shape index (κ2) is 9.80. The van der Waals surface area contributed by atoms with Gasteiger partial charge in [-0.2, -0.15) is 0 Å². The minimum atomic E-state index is 0. The van der Waals surface area contributed by atoms with Crippen LogP contribution in [0.15, 0.2) is 59.6 Å². The number of para-hydroxylation sites is 1. The average molecular weight is 465 g/mol. The van der Waals surface area contributed by atoms with Gasteiger partial charge in [0.1, 0.15) is 5.75 Å². The van der Waals surface area contributed by atoms with Gasteiger partial charge in [-0.1, -0.05) is 48.5 Å². The largest absolute Gasteiger partial charge is 0.496 e. The molecule has 0 heterocycles. The third kappa shape index (κ3) is 5.13. The molecule has 1 aliphatic carbocycles. The van der Waals surface area contributed by atoms with Crippen LogP contribution in [0.25, 0.3) is 0 Å². The number of guanidine groups is 1. The molecule has 0 aliphatic heterocycles. The van der Waals surface area contributed by atoms with Gasteiger partial charge in [-0.25, -0.2) is 0 Å². The number of hydrogen-bond donors (Lipinski definition) is 2. The summed E-state index contributed by atoms with van der Waals surface area (Å²) < 4.78 is 5.40. The van der Waals surface area contributed by atoms with E-state index in [-0.39, 0.29) is 29.4 Å². The molecule has 5 heteroatoms. The maximum absolute atomic E-state index is 5.40. The number of ether oxygens (including phenoxy) is 1. The summed E-state index contributed by atoms with van der Waals surface area (Å²) in [6.45, 7) is 1.74. The quantitative estimate of drug-likeness (QED) is 0.372. The molecule has 0 atom stereocenters. The maximum Gasteiger partial charge on any atom is 0.191 e. The van der Waals surface area contributed by atoms with Crippen molar-refractivity contribution in [3.63, 3.8) is 0 Å². The fraction of sp³-hybridized carbons (Fsp3) is 0.381. The Morgan fingerprint density at radius 3 is 2.38 bits per heavy atom. The molecule has 0 saturated heterocycles. The summed E-state index contributed by atoms with van der Waals surface area (Å²) in [5.41, 5.74) is 2.91. The topological polar surface area (TPSA) is 45.7 Å². The lowest BCUT2D eigenvalue weighted by atomic mass is 9.96. The predicted octanol–water partition coefficient (Wildman–Crippen LogP) is 3.75. The van der Waals surface area contributed by atoms with Gasteiger partial charge in [0.05, 0.1) is 7.11 Å². The summed E-state index contributed by atoms with van der Waals surface area (Å²) in [6.07, 6.45) is 3.37. The monoisotopic (exact) mass is 465 g/mol. The zero-order chi connectivity index (χ0) is 17.5. The first-order valence-electron chi connectivity index (χ1n) is 8.89. The number of halogens is 1. The zero-order valence-electron chi connectivity index (χ0n) is 15.5. The molecular weight excluding hydrogens is 437 g/mol. The molecule has 140 valence electrons. The van der Waals surface area contributed by atoms with Crippen LogP contribution in [-0.2, 0) is 11.8 Å². The number of hydrogen-bond acceptors (Lipinski definition) is 2. The molecule has 0 bridgehead atoms. The number of rotatable bonds is 7. The molecule has 26 heavy (non-hydrogen) atoms. The highest BCUT2D eigenvalue weighted by Gasteiger charge is 2.43. The van der Waals surface area contributed by atoms with Gasteiger partial charge < -0.3 is 15.4 Å². The predicted molar refractivity (Wildman–Crippen MR) is 119 cm³/mol. The van der Waals surface area contributed by atoms with Crippen LogP contribution in [0.4, 0.5) is 0 Å². The summed E-state index contributed by atoms with van der Waals surface area (Å²) >= 11 is 0. The summed E-state index contributed by atoms with van der Waals surface area (Å²) in [5, 5.41) is 6.90. The van der Waals surface area contributed by atoms with Gasteiger partial charge in [-0.05, 0) is 36.5 Å². The summed E-state index contributed by atoms with van der Waals surface area (Å²) in [7, 11) is 3.53. The van der Waals surface area contributed by atoms with Crippen molar-refractivity contribution in [1.82, 2.24) is 10.6 Å². The van der Waals surface area contributed by atoms with Crippen molar-refractivity contribution in [1.29, 1.82) is 0 Å². The molecule has 0 amide bonds. The van der Waals surface area contributed by atoms with Gasteiger partial charge in [-0.15, -0.1) is 24.0 Å². The molecule has 2 aromatic rings. The first-order chi connectivity index (χ1) is 12.3.